The minimum Gasteiger partial charge on any atom is -0.376 e. The molecule has 0 radical (unpaired) electrons. The molecule has 1 aromatic rings. The molecule has 5 atom stereocenters. The Hall–Kier alpha value is -2.09. The molecular formula is C25H27F3O4S. The van der Waals surface area contributed by atoms with Gasteiger partial charge in [0.1, 0.15) is 5.75 Å². The fourth-order valence-electron chi connectivity index (χ4n) is 7.00. The highest BCUT2D eigenvalue weighted by molar-refractivity contribution is 7.88. The Labute approximate surface area is 192 Å². The molecule has 2 fully saturated rings. The van der Waals surface area contributed by atoms with Crippen LogP contribution in [0, 0.1) is 29.1 Å². The molecule has 2 saturated carbocycles. The molecule has 0 N–H and O–H groups in total. The lowest BCUT2D eigenvalue weighted by molar-refractivity contribution is -0.115. The Bertz CT molecular complexity index is 1100. The van der Waals surface area contributed by atoms with E-state index in [1.165, 1.54) is 30.5 Å². The monoisotopic (exact) mass is 480 g/mol. The second-order valence-corrected chi connectivity index (χ2v) is 11.6. The first-order valence-electron chi connectivity index (χ1n) is 11.6. The zero-order valence-electron chi connectivity index (χ0n) is 18.2. The number of allylic oxidation sites excluding steroid dienone is 4. The molecule has 0 heterocycles. The first-order chi connectivity index (χ1) is 15.6. The highest BCUT2D eigenvalue weighted by atomic mass is 32.2. The van der Waals surface area contributed by atoms with Gasteiger partial charge in [-0.1, -0.05) is 30.7 Å². The summed E-state index contributed by atoms with van der Waals surface area (Å²) in [7, 11) is -5.67. The van der Waals surface area contributed by atoms with Crippen molar-refractivity contribution in [2.75, 3.05) is 0 Å². The normalized spacial score (nSPS) is 33.7. The first kappa shape index (κ1) is 22.7. The van der Waals surface area contributed by atoms with Crippen LogP contribution in [-0.4, -0.2) is 19.7 Å². The quantitative estimate of drug-likeness (QED) is 0.407. The molecule has 0 aromatic heterocycles. The Morgan fingerprint density at radius 1 is 1.06 bits per heavy atom. The third-order valence-electron chi connectivity index (χ3n) is 8.37. The van der Waals surface area contributed by atoms with Gasteiger partial charge in [0.15, 0.2) is 5.78 Å². The Kier molecular flexibility index (Phi) is 5.50. The van der Waals surface area contributed by atoms with Gasteiger partial charge >= 0.3 is 15.6 Å². The van der Waals surface area contributed by atoms with Gasteiger partial charge in [-0.25, -0.2) is 0 Å². The molecule has 5 rings (SSSR count). The Balaban J connectivity index is 1.34. The highest BCUT2D eigenvalue weighted by Crippen LogP contribution is 2.61. The number of halogens is 3. The van der Waals surface area contributed by atoms with Crippen LogP contribution in [-0.2, 0) is 21.3 Å². The topological polar surface area (TPSA) is 60.4 Å². The van der Waals surface area contributed by atoms with Crippen LogP contribution in [0.5, 0.6) is 5.75 Å². The van der Waals surface area contributed by atoms with Crippen molar-refractivity contribution >= 4 is 15.9 Å². The van der Waals surface area contributed by atoms with Crippen LogP contribution in [0.25, 0.3) is 0 Å². The Morgan fingerprint density at radius 2 is 1.82 bits per heavy atom. The van der Waals surface area contributed by atoms with Gasteiger partial charge in [-0.2, -0.15) is 21.6 Å². The zero-order chi connectivity index (χ0) is 23.4. The summed E-state index contributed by atoms with van der Waals surface area (Å²) in [6, 6.07) is 5.98. The minimum atomic E-state index is -5.67. The molecule has 4 nitrogen and oxygen atoms in total. The summed E-state index contributed by atoms with van der Waals surface area (Å²) in [5.41, 5.74) is -3.12. The van der Waals surface area contributed by atoms with Gasteiger partial charge < -0.3 is 4.18 Å². The summed E-state index contributed by atoms with van der Waals surface area (Å²) >= 11 is 0. The average molecular weight is 481 g/mol. The molecule has 33 heavy (non-hydrogen) atoms. The smallest absolute Gasteiger partial charge is 0.376 e. The maximum absolute atomic E-state index is 12.6. The van der Waals surface area contributed by atoms with Crippen molar-refractivity contribution in [2.45, 2.75) is 56.9 Å². The predicted octanol–water partition coefficient (Wildman–Crippen LogP) is 5.75. The second kappa shape index (κ2) is 8.00. The maximum Gasteiger partial charge on any atom is 0.534 e. The van der Waals surface area contributed by atoms with Crippen molar-refractivity contribution < 1.29 is 30.6 Å². The van der Waals surface area contributed by atoms with Crippen LogP contribution < -0.4 is 4.18 Å². The molecule has 0 bridgehead atoms. The van der Waals surface area contributed by atoms with Gasteiger partial charge in [0.25, 0.3) is 0 Å². The third kappa shape index (κ3) is 4.04. The van der Waals surface area contributed by atoms with Gasteiger partial charge in [0.05, 0.1) is 0 Å². The number of fused-ring (bicyclic) bond motifs is 5. The second-order valence-electron chi connectivity index (χ2n) is 10.1. The molecule has 0 amide bonds. The average Bonchev–Trinajstić information content (AvgIpc) is 3.17. The number of carbonyl (C=O) groups is 1. The van der Waals surface area contributed by atoms with E-state index in [9.17, 15) is 26.4 Å². The lowest BCUT2D eigenvalue weighted by Gasteiger charge is -2.52. The largest absolute Gasteiger partial charge is 0.534 e. The van der Waals surface area contributed by atoms with Crippen molar-refractivity contribution in [3.05, 3.63) is 53.6 Å². The van der Waals surface area contributed by atoms with Crippen LogP contribution in [0.2, 0.25) is 0 Å². The number of carbonyl (C=O) groups excluding carboxylic acids is 1. The van der Waals surface area contributed by atoms with E-state index in [2.05, 4.69) is 16.3 Å². The van der Waals surface area contributed by atoms with Crippen molar-refractivity contribution in [2.24, 2.45) is 29.1 Å². The van der Waals surface area contributed by atoms with E-state index in [4.69, 9.17) is 0 Å². The van der Waals surface area contributed by atoms with Crippen molar-refractivity contribution in [3.63, 3.8) is 0 Å². The summed E-state index contributed by atoms with van der Waals surface area (Å²) < 4.78 is 64.5. The maximum atomic E-state index is 12.6. The van der Waals surface area contributed by atoms with Crippen molar-refractivity contribution in [1.82, 2.24) is 0 Å². The fraction of sp³-hybridized carbons (Fsp3) is 0.560. The van der Waals surface area contributed by atoms with Crippen LogP contribution in [0.4, 0.5) is 13.2 Å². The Morgan fingerprint density at radius 3 is 2.55 bits per heavy atom. The van der Waals surface area contributed by atoms with Gasteiger partial charge in [0.2, 0.25) is 0 Å². The summed E-state index contributed by atoms with van der Waals surface area (Å²) in [4.78, 5) is 11.9. The SMILES string of the molecule is O=C1C=C2C=C[C@@H]3[C@H](CC[C@]4(Cc5ccc(OS(=O)(=O)C(F)(F)F)cc5)CCC[C@@H]34)[C@H]2CC1. The summed E-state index contributed by atoms with van der Waals surface area (Å²) in [5, 5.41) is 0. The van der Waals surface area contributed by atoms with Gasteiger partial charge in [0, 0.05) is 6.42 Å². The van der Waals surface area contributed by atoms with E-state index in [0.29, 0.717) is 30.1 Å². The van der Waals surface area contributed by atoms with Crippen molar-refractivity contribution in [3.8, 4) is 5.75 Å². The molecule has 8 heteroatoms. The van der Waals surface area contributed by atoms with Gasteiger partial charge in [-0.15, -0.1) is 0 Å². The predicted molar refractivity (Wildman–Crippen MR) is 117 cm³/mol. The zero-order valence-corrected chi connectivity index (χ0v) is 19.0. The van der Waals surface area contributed by atoms with Crippen molar-refractivity contribution in [1.29, 1.82) is 0 Å². The van der Waals surface area contributed by atoms with Gasteiger partial charge in [-0.05, 0) is 97.0 Å². The minimum absolute atomic E-state index is 0.150. The van der Waals surface area contributed by atoms with Gasteiger partial charge in [-0.3, -0.25) is 4.79 Å². The molecule has 4 aliphatic rings. The molecule has 0 saturated heterocycles. The lowest BCUT2D eigenvalue weighted by Crippen LogP contribution is -2.45. The number of hydrogen-bond acceptors (Lipinski definition) is 4. The van der Waals surface area contributed by atoms with Crippen LogP contribution >= 0.6 is 0 Å². The molecular weight excluding hydrogens is 453 g/mol. The molecule has 1 aromatic carbocycles. The summed E-state index contributed by atoms with van der Waals surface area (Å²) in [6.45, 7) is 0. The molecule has 0 aliphatic heterocycles. The summed E-state index contributed by atoms with van der Waals surface area (Å²) in [6.07, 6.45) is 14.4. The molecule has 178 valence electrons. The number of rotatable bonds is 4. The number of alkyl halides is 3. The van der Waals surface area contributed by atoms with E-state index < -0.39 is 15.6 Å². The molecule has 0 unspecified atom stereocenters. The summed E-state index contributed by atoms with van der Waals surface area (Å²) in [5.74, 6) is 1.99. The third-order valence-corrected chi connectivity index (χ3v) is 9.34. The number of hydrogen-bond donors (Lipinski definition) is 0. The van der Waals surface area contributed by atoms with E-state index in [1.807, 2.05) is 6.08 Å². The van der Waals surface area contributed by atoms with E-state index in [0.717, 1.165) is 37.7 Å². The first-order valence-corrected chi connectivity index (χ1v) is 13.0. The fourth-order valence-corrected chi connectivity index (χ4v) is 7.46. The number of ketones is 1. The molecule has 0 spiro atoms. The highest BCUT2D eigenvalue weighted by Gasteiger charge is 2.53. The standard InChI is InChI=1S/C25H27F3O4S/c26-25(27,28)33(30,31)32-19-7-3-16(4-8-19)15-24-12-1-2-23(24)22-9-5-17-14-18(29)6-10-20(17)21(22)11-13-24/h3-5,7-9,14,20-23H,1-2,6,10-13,15H2/t20-,21+,22+,23-,24-/m0/s1. The number of benzene rings is 1. The lowest BCUT2D eigenvalue weighted by atomic mass is 9.53. The molecule has 4 aliphatic carbocycles. The van der Waals surface area contributed by atoms with Crippen LogP contribution in [0.1, 0.15) is 50.5 Å². The van der Waals surface area contributed by atoms with E-state index in [-0.39, 0.29) is 16.9 Å². The van der Waals surface area contributed by atoms with Crippen LogP contribution in [0.15, 0.2) is 48.1 Å². The van der Waals surface area contributed by atoms with Crippen LogP contribution in [0.3, 0.4) is 0 Å². The van der Waals surface area contributed by atoms with E-state index in [1.54, 1.807) is 12.1 Å². The van der Waals surface area contributed by atoms with E-state index >= 15 is 0 Å².